The Bertz CT molecular complexity index is 441. The van der Waals surface area contributed by atoms with E-state index in [0.717, 1.165) is 31.2 Å². The van der Waals surface area contributed by atoms with Gasteiger partial charge in [-0.25, -0.2) is 8.78 Å². The van der Waals surface area contributed by atoms with E-state index in [1.165, 1.54) is 12.8 Å². The number of carbonyl (C=O) groups is 1. The number of rotatable bonds is 5. The SMILES string of the molecule is CCC1CCCN1CCC(=O)c1cc(F)cc(F)c1. The fourth-order valence-corrected chi connectivity index (χ4v) is 2.76. The fraction of sp³-hybridized carbons (Fsp3) is 0.533. The lowest BCUT2D eigenvalue weighted by atomic mass is 10.1. The number of ketones is 1. The molecule has 1 aromatic rings. The van der Waals surface area contributed by atoms with E-state index in [1.54, 1.807) is 0 Å². The van der Waals surface area contributed by atoms with E-state index in [2.05, 4.69) is 11.8 Å². The molecule has 0 bridgehead atoms. The molecule has 2 nitrogen and oxygen atoms in total. The first kappa shape index (κ1) is 14.1. The summed E-state index contributed by atoms with van der Waals surface area (Å²) in [6.07, 6.45) is 3.75. The van der Waals surface area contributed by atoms with Gasteiger partial charge in [0.1, 0.15) is 11.6 Å². The van der Waals surface area contributed by atoms with E-state index in [4.69, 9.17) is 0 Å². The molecule has 1 aromatic carbocycles. The molecule has 0 saturated carbocycles. The van der Waals surface area contributed by atoms with Gasteiger partial charge in [-0.1, -0.05) is 6.92 Å². The summed E-state index contributed by atoms with van der Waals surface area (Å²) in [5.74, 6) is -1.59. The van der Waals surface area contributed by atoms with Crippen molar-refractivity contribution in [2.24, 2.45) is 0 Å². The molecule has 1 aliphatic rings. The summed E-state index contributed by atoms with van der Waals surface area (Å²) in [5.41, 5.74) is 0.129. The Kier molecular flexibility index (Phi) is 4.64. The Labute approximate surface area is 112 Å². The molecule has 0 aliphatic carbocycles. The van der Waals surface area contributed by atoms with E-state index in [0.29, 0.717) is 19.0 Å². The highest BCUT2D eigenvalue weighted by atomic mass is 19.1. The molecular weight excluding hydrogens is 248 g/mol. The van der Waals surface area contributed by atoms with Gasteiger partial charge in [-0.2, -0.15) is 0 Å². The molecule has 1 heterocycles. The van der Waals surface area contributed by atoms with Crippen LogP contribution < -0.4 is 0 Å². The molecule has 4 heteroatoms. The maximum Gasteiger partial charge on any atom is 0.164 e. The van der Waals surface area contributed by atoms with Crippen molar-refractivity contribution in [1.82, 2.24) is 4.90 Å². The quantitative estimate of drug-likeness (QED) is 0.762. The summed E-state index contributed by atoms with van der Waals surface area (Å²) in [4.78, 5) is 14.2. The first-order valence-electron chi connectivity index (χ1n) is 6.83. The molecule has 0 radical (unpaired) electrons. The van der Waals surface area contributed by atoms with Crippen LogP contribution in [0.5, 0.6) is 0 Å². The Morgan fingerprint density at radius 1 is 1.32 bits per heavy atom. The highest BCUT2D eigenvalue weighted by Gasteiger charge is 2.23. The minimum absolute atomic E-state index is 0.129. The Morgan fingerprint density at radius 3 is 2.63 bits per heavy atom. The molecule has 0 N–H and O–H groups in total. The van der Waals surface area contributed by atoms with Gasteiger partial charge in [-0.3, -0.25) is 9.69 Å². The van der Waals surface area contributed by atoms with Crippen LogP contribution in [0.25, 0.3) is 0 Å². The predicted octanol–water partition coefficient (Wildman–Crippen LogP) is 3.41. The van der Waals surface area contributed by atoms with Crippen LogP contribution in [0.4, 0.5) is 8.78 Å². The lowest BCUT2D eigenvalue weighted by molar-refractivity contribution is 0.0959. The van der Waals surface area contributed by atoms with E-state index in [9.17, 15) is 13.6 Å². The van der Waals surface area contributed by atoms with Crippen molar-refractivity contribution in [3.8, 4) is 0 Å². The van der Waals surface area contributed by atoms with Crippen LogP contribution in [-0.2, 0) is 0 Å². The molecule has 1 atom stereocenters. The van der Waals surface area contributed by atoms with Gasteiger partial charge >= 0.3 is 0 Å². The maximum atomic E-state index is 13.0. The van der Waals surface area contributed by atoms with E-state index < -0.39 is 11.6 Å². The van der Waals surface area contributed by atoms with Crippen molar-refractivity contribution >= 4 is 5.78 Å². The Balaban J connectivity index is 1.94. The van der Waals surface area contributed by atoms with Crippen molar-refractivity contribution in [1.29, 1.82) is 0 Å². The molecule has 104 valence electrons. The standard InChI is InChI=1S/C15H19F2NO/c1-2-14-4-3-6-18(14)7-5-15(19)11-8-12(16)10-13(17)9-11/h8-10,14H,2-7H2,1H3. The average Bonchev–Trinajstić information content (AvgIpc) is 2.82. The zero-order valence-electron chi connectivity index (χ0n) is 11.2. The van der Waals surface area contributed by atoms with Gasteiger partial charge in [0.2, 0.25) is 0 Å². The van der Waals surface area contributed by atoms with Crippen LogP contribution in [-0.4, -0.2) is 29.8 Å². The summed E-state index contributed by atoms with van der Waals surface area (Å²) in [5, 5.41) is 0. The summed E-state index contributed by atoms with van der Waals surface area (Å²) in [7, 11) is 0. The van der Waals surface area contributed by atoms with Gasteiger partial charge in [0.05, 0.1) is 0 Å². The number of hydrogen-bond donors (Lipinski definition) is 0. The third-order valence-electron chi connectivity index (χ3n) is 3.78. The van der Waals surface area contributed by atoms with Crippen LogP contribution in [0, 0.1) is 11.6 Å². The average molecular weight is 267 g/mol. The molecule has 1 saturated heterocycles. The highest BCUT2D eigenvalue weighted by Crippen LogP contribution is 2.20. The third kappa shape index (κ3) is 3.60. The molecule has 1 aliphatic heterocycles. The smallest absolute Gasteiger partial charge is 0.164 e. The highest BCUT2D eigenvalue weighted by molar-refractivity contribution is 5.96. The van der Waals surface area contributed by atoms with Crippen LogP contribution in [0.15, 0.2) is 18.2 Å². The van der Waals surface area contributed by atoms with Crippen LogP contribution >= 0.6 is 0 Å². The summed E-state index contributed by atoms with van der Waals surface area (Å²) >= 11 is 0. The van der Waals surface area contributed by atoms with Gasteiger partial charge in [0.25, 0.3) is 0 Å². The van der Waals surface area contributed by atoms with Gasteiger partial charge in [-0.05, 0) is 37.9 Å². The molecular formula is C15H19F2NO. The number of Topliss-reactive ketones (excluding diaryl/α,β-unsaturated/α-hetero) is 1. The molecule has 0 aromatic heterocycles. The lowest BCUT2D eigenvalue weighted by Gasteiger charge is -2.22. The Hall–Kier alpha value is -1.29. The predicted molar refractivity (Wildman–Crippen MR) is 70.2 cm³/mol. The van der Waals surface area contributed by atoms with Crippen molar-refractivity contribution in [2.45, 2.75) is 38.6 Å². The number of likely N-dealkylation sites (tertiary alicyclic amines) is 1. The molecule has 2 rings (SSSR count). The summed E-state index contributed by atoms with van der Waals surface area (Å²) in [6.45, 7) is 3.84. The van der Waals surface area contributed by atoms with E-state index in [1.807, 2.05) is 0 Å². The second kappa shape index (κ2) is 6.24. The lowest BCUT2D eigenvalue weighted by Crippen LogP contribution is -2.30. The molecule has 0 spiro atoms. The minimum atomic E-state index is -0.698. The van der Waals surface area contributed by atoms with E-state index >= 15 is 0 Å². The number of benzene rings is 1. The third-order valence-corrected chi connectivity index (χ3v) is 3.78. The fourth-order valence-electron chi connectivity index (χ4n) is 2.76. The normalized spacial score (nSPS) is 19.8. The summed E-state index contributed by atoms with van der Waals surface area (Å²) in [6, 6.07) is 3.54. The second-order valence-corrected chi connectivity index (χ2v) is 5.07. The van der Waals surface area contributed by atoms with Crippen molar-refractivity contribution in [2.75, 3.05) is 13.1 Å². The van der Waals surface area contributed by atoms with Crippen LogP contribution in [0.3, 0.4) is 0 Å². The maximum absolute atomic E-state index is 13.0. The van der Waals surface area contributed by atoms with E-state index in [-0.39, 0.29) is 11.3 Å². The number of hydrogen-bond acceptors (Lipinski definition) is 2. The van der Waals surface area contributed by atoms with Crippen LogP contribution in [0.1, 0.15) is 43.0 Å². The van der Waals surface area contributed by atoms with Gasteiger partial charge in [-0.15, -0.1) is 0 Å². The van der Waals surface area contributed by atoms with Gasteiger partial charge in [0, 0.05) is 30.6 Å². The van der Waals surface area contributed by atoms with Gasteiger partial charge in [0.15, 0.2) is 5.78 Å². The van der Waals surface area contributed by atoms with Crippen LogP contribution in [0.2, 0.25) is 0 Å². The zero-order valence-corrected chi connectivity index (χ0v) is 11.2. The number of halogens is 2. The molecule has 1 fully saturated rings. The van der Waals surface area contributed by atoms with Crippen molar-refractivity contribution < 1.29 is 13.6 Å². The second-order valence-electron chi connectivity index (χ2n) is 5.07. The van der Waals surface area contributed by atoms with Gasteiger partial charge < -0.3 is 0 Å². The van der Waals surface area contributed by atoms with Crippen molar-refractivity contribution in [3.63, 3.8) is 0 Å². The van der Waals surface area contributed by atoms with Crippen molar-refractivity contribution in [3.05, 3.63) is 35.4 Å². The number of nitrogens with zero attached hydrogens (tertiary/aromatic N) is 1. The molecule has 0 amide bonds. The Morgan fingerprint density at radius 2 is 2.00 bits per heavy atom. The zero-order chi connectivity index (χ0) is 13.8. The summed E-state index contributed by atoms with van der Waals surface area (Å²) < 4.78 is 26.1. The molecule has 19 heavy (non-hydrogen) atoms. The number of carbonyl (C=O) groups excluding carboxylic acids is 1. The monoisotopic (exact) mass is 267 g/mol. The minimum Gasteiger partial charge on any atom is -0.300 e. The largest absolute Gasteiger partial charge is 0.300 e. The first-order valence-corrected chi connectivity index (χ1v) is 6.83. The first-order chi connectivity index (χ1) is 9.10. The molecule has 1 unspecified atom stereocenters. The topological polar surface area (TPSA) is 20.3 Å².